The number of nitrogen functional groups attached to an aromatic ring is 3. The molecule has 2 atom stereocenters. The van der Waals surface area contributed by atoms with E-state index in [1.165, 1.54) is 28.0 Å². The normalized spacial score (nSPS) is 19.0. The van der Waals surface area contributed by atoms with Crippen LogP contribution in [0.25, 0.3) is 5.65 Å². The molecule has 210 valence electrons. The third kappa shape index (κ3) is 4.86. The fourth-order valence-electron chi connectivity index (χ4n) is 4.07. The lowest BCUT2D eigenvalue weighted by atomic mass is 10.0. The second-order valence-corrected chi connectivity index (χ2v) is 11.4. The van der Waals surface area contributed by atoms with E-state index in [0.717, 1.165) is 16.2 Å². The topological polar surface area (TPSA) is 237 Å². The van der Waals surface area contributed by atoms with E-state index in [-0.39, 0.29) is 52.1 Å². The Balaban J connectivity index is 1.35. The Bertz CT molecular complexity index is 1600. The third-order valence-corrected chi connectivity index (χ3v) is 8.99. The highest BCUT2D eigenvalue weighted by atomic mass is 32.2. The van der Waals surface area contributed by atoms with Crippen molar-refractivity contribution in [2.75, 3.05) is 35.3 Å². The third-order valence-electron chi connectivity index (χ3n) is 5.96. The number of hydrogen-bond acceptors (Lipinski definition) is 15. The molecular formula is C21H23N11O5S3. The summed E-state index contributed by atoms with van der Waals surface area (Å²) in [5.41, 5.74) is 18.4. The molecule has 40 heavy (non-hydrogen) atoms. The number of nitrogens with zero attached hydrogens (tertiary/aromatic N) is 7. The molecule has 1 unspecified atom stereocenters. The molecule has 19 heteroatoms. The average molecular weight is 606 g/mol. The SMILES string of the molecule is CCO/N=C(\C(=O)NC1C(=O)N2C(C(=O)[O-])=C(CSc3nc(N)cc4n(C)c(N)n[n+]34)CS[C@@H]12)c1csc(N)n1. The van der Waals surface area contributed by atoms with Crippen molar-refractivity contribution < 1.29 is 28.8 Å². The summed E-state index contributed by atoms with van der Waals surface area (Å²) < 4.78 is 3.14. The van der Waals surface area contributed by atoms with E-state index in [1.54, 1.807) is 30.0 Å². The quantitative estimate of drug-likeness (QED) is 0.0502. The molecule has 2 aliphatic heterocycles. The molecule has 1 fully saturated rings. The van der Waals surface area contributed by atoms with Gasteiger partial charge in [-0.05, 0) is 29.4 Å². The van der Waals surface area contributed by atoms with Crippen molar-refractivity contribution >= 4 is 80.9 Å². The van der Waals surface area contributed by atoms with Gasteiger partial charge in [0, 0.05) is 16.9 Å². The number of carboxylic acid groups (broad SMARTS) is 1. The minimum Gasteiger partial charge on any atom is -0.543 e. The monoisotopic (exact) mass is 605 g/mol. The summed E-state index contributed by atoms with van der Waals surface area (Å²) >= 11 is 3.61. The van der Waals surface area contributed by atoms with Crippen LogP contribution < -0.4 is 32.1 Å². The van der Waals surface area contributed by atoms with Gasteiger partial charge >= 0.3 is 5.16 Å². The Kier molecular flexibility index (Phi) is 7.43. The number of aromatic nitrogens is 5. The van der Waals surface area contributed by atoms with Crippen LogP contribution in [-0.2, 0) is 26.3 Å². The lowest BCUT2D eigenvalue weighted by Gasteiger charge is -2.50. The van der Waals surface area contributed by atoms with Crippen LogP contribution in [0.4, 0.5) is 16.9 Å². The maximum Gasteiger partial charge on any atom is 0.325 e. The molecule has 3 aromatic heterocycles. The van der Waals surface area contributed by atoms with Gasteiger partial charge in [0.05, 0.1) is 24.8 Å². The number of hydrogen-bond donors (Lipinski definition) is 4. The fraction of sp³-hybridized carbons (Fsp3) is 0.333. The number of nitrogens with one attached hydrogen (secondary N) is 1. The number of carbonyl (C=O) groups is 3. The maximum absolute atomic E-state index is 13.1. The highest BCUT2D eigenvalue weighted by Gasteiger charge is 2.53. The van der Waals surface area contributed by atoms with Crippen molar-refractivity contribution in [3.63, 3.8) is 0 Å². The number of thiazole rings is 1. The van der Waals surface area contributed by atoms with Gasteiger partial charge < -0.3 is 37.3 Å². The summed E-state index contributed by atoms with van der Waals surface area (Å²) in [5.74, 6) is -1.90. The number of aryl methyl sites for hydroxylation is 1. The molecule has 0 spiro atoms. The molecule has 0 aliphatic carbocycles. The summed E-state index contributed by atoms with van der Waals surface area (Å²) in [5, 5.41) is 24.4. The molecule has 1 saturated heterocycles. The highest BCUT2D eigenvalue weighted by Crippen LogP contribution is 2.41. The first-order chi connectivity index (χ1) is 19.1. The highest BCUT2D eigenvalue weighted by molar-refractivity contribution is 8.01. The van der Waals surface area contributed by atoms with Crippen LogP contribution in [0.3, 0.4) is 0 Å². The lowest BCUT2D eigenvalue weighted by molar-refractivity contribution is -0.621. The second kappa shape index (κ2) is 10.8. The smallest absolute Gasteiger partial charge is 0.325 e. The number of fused-ring (bicyclic) bond motifs is 2. The van der Waals surface area contributed by atoms with E-state index in [1.807, 2.05) is 0 Å². The maximum atomic E-state index is 13.1. The molecule has 5 rings (SSSR count). The Labute approximate surface area is 238 Å². The summed E-state index contributed by atoms with van der Waals surface area (Å²) in [6.07, 6.45) is 0. The molecule has 3 aromatic rings. The predicted octanol–water partition coefficient (Wildman–Crippen LogP) is -2.31. The van der Waals surface area contributed by atoms with E-state index in [4.69, 9.17) is 22.0 Å². The van der Waals surface area contributed by atoms with Crippen LogP contribution in [0, 0.1) is 0 Å². The standard InChI is InChI=1S/C21H23N11O5S3/c1-3-37-29-12(9-7-39-20(24)25-9)15(33)27-13-16(34)31-14(18(35)36)8(5-38-17(13)31)6-40-21-26-10(22)4-11-30(2)19(23)28-32(11)21/h4,7,13,17,22H,3,5-6H2,1-2H3,(H6,23,24,25,27,28,33,35,36)/b29-12-/t13?,17-/m0/s1. The molecule has 0 radical (unpaired) electrons. The number of nitrogens with two attached hydrogens (primary N) is 3. The first kappa shape index (κ1) is 27.5. The minimum atomic E-state index is -1.50. The molecule has 0 aromatic carbocycles. The van der Waals surface area contributed by atoms with Gasteiger partial charge in [0.2, 0.25) is 5.82 Å². The molecule has 0 saturated carbocycles. The van der Waals surface area contributed by atoms with Gasteiger partial charge in [0.1, 0.15) is 23.7 Å². The number of β-lactam (4-membered cyclic amide) rings is 1. The van der Waals surface area contributed by atoms with Crippen molar-refractivity contribution in [3.05, 3.63) is 28.4 Å². The molecular weight excluding hydrogens is 583 g/mol. The van der Waals surface area contributed by atoms with Crippen molar-refractivity contribution in [2.45, 2.75) is 23.5 Å². The van der Waals surface area contributed by atoms with Gasteiger partial charge in [0.15, 0.2) is 10.8 Å². The number of rotatable bonds is 9. The zero-order valence-electron chi connectivity index (χ0n) is 21.1. The Morgan fingerprint density at radius 2 is 2.12 bits per heavy atom. The largest absolute Gasteiger partial charge is 0.543 e. The van der Waals surface area contributed by atoms with Gasteiger partial charge in [-0.25, -0.2) is 9.55 Å². The van der Waals surface area contributed by atoms with Gasteiger partial charge in [0.25, 0.3) is 23.4 Å². The average Bonchev–Trinajstić information content (AvgIpc) is 3.47. The Morgan fingerprint density at radius 3 is 2.80 bits per heavy atom. The van der Waals surface area contributed by atoms with Crippen LogP contribution >= 0.6 is 34.9 Å². The molecule has 5 heterocycles. The number of amides is 2. The van der Waals surface area contributed by atoms with Gasteiger partial charge in [-0.15, -0.1) is 23.1 Å². The van der Waals surface area contributed by atoms with Crippen LogP contribution in [0.1, 0.15) is 12.6 Å². The molecule has 7 N–H and O–H groups in total. The van der Waals surface area contributed by atoms with Gasteiger partial charge in [-0.1, -0.05) is 14.7 Å². The molecule has 2 aliphatic rings. The zero-order chi connectivity index (χ0) is 28.7. The fourth-order valence-corrected chi connectivity index (χ4v) is 7.06. The summed E-state index contributed by atoms with van der Waals surface area (Å²) in [7, 11) is 1.73. The molecule has 2 amide bonds. The van der Waals surface area contributed by atoms with Crippen molar-refractivity contribution in [2.24, 2.45) is 12.2 Å². The van der Waals surface area contributed by atoms with E-state index < -0.39 is 29.2 Å². The van der Waals surface area contributed by atoms with Crippen LogP contribution in [0.5, 0.6) is 0 Å². The van der Waals surface area contributed by atoms with Crippen LogP contribution in [0.15, 0.2) is 33.0 Å². The van der Waals surface area contributed by atoms with Crippen LogP contribution in [-0.4, -0.2) is 77.6 Å². The molecule has 0 bridgehead atoms. The summed E-state index contributed by atoms with van der Waals surface area (Å²) in [6.45, 7) is 1.90. The second-order valence-electron chi connectivity index (χ2n) is 8.47. The van der Waals surface area contributed by atoms with E-state index in [2.05, 4.69) is 25.5 Å². The number of carboxylic acids is 1. The Hall–Kier alpha value is -4.10. The van der Waals surface area contributed by atoms with Crippen LogP contribution in [0.2, 0.25) is 0 Å². The number of anilines is 3. The van der Waals surface area contributed by atoms with Gasteiger partial charge in [-0.3, -0.25) is 14.5 Å². The molecule has 16 nitrogen and oxygen atoms in total. The first-order valence-electron chi connectivity index (χ1n) is 11.6. The summed E-state index contributed by atoms with van der Waals surface area (Å²) in [4.78, 5) is 52.8. The lowest BCUT2D eigenvalue weighted by Crippen LogP contribution is -2.71. The minimum absolute atomic E-state index is 0.150. The first-order valence-corrected chi connectivity index (χ1v) is 14.6. The van der Waals surface area contributed by atoms with Gasteiger partial charge in [-0.2, -0.15) is 0 Å². The zero-order valence-corrected chi connectivity index (χ0v) is 23.5. The van der Waals surface area contributed by atoms with E-state index in [9.17, 15) is 19.5 Å². The Morgan fingerprint density at radius 1 is 1.35 bits per heavy atom. The van der Waals surface area contributed by atoms with Crippen molar-refractivity contribution in [3.8, 4) is 0 Å². The van der Waals surface area contributed by atoms with Crippen molar-refractivity contribution in [1.29, 1.82) is 0 Å². The van der Waals surface area contributed by atoms with E-state index >= 15 is 0 Å². The number of aliphatic carboxylic acids is 1. The predicted molar refractivity (Wildman–Crippen MR) is 145 cm³/mol. The summed E-state index contributed by atoms with van der Waals surface area (Å²) in [6, 6.07) is 0.618. The van der Waals surface area contributed by atoms with E-state index in [0.29, 0.717) is 16.4 Å². The number of oxime groups is 1. The number of carbonyl (C=O) groups excluding carboxylic acids is 3. The van der Waals surface area contributed by atoms with Crippen molar-refractivity contribution in [1.82, 2.24) is 29.9 Å². The number of thioether (sulfide) groups is 2.